The first-order valence-corrected chi connectivity index (χ1v) is 6.45. The van der Waals surface area contributed by atoms with Crippen molar-refractivity contribution < 1.29 is 19.2 Å². The van der Waals surface area contributed by atoms with Crippen LogP contribution in [0.25, 0.3) is 0 Å². The number of nitrogens with zero attached hydrogens (tertiary/aromatic N) is 3. The molecule has 112 valence electrons. The van der Waals surface area contributed by atoms with Gasteiger partial charge < -0.3 is 5.32 Å². The molecule has 5 amide bonds. The summed E-state index contributed by atoms with van der Waals surface area (Å²) in [6.45, 7) is 1.02. The first-order valence-electron chi connectivity index (χ1n) is 6.45. The molecule has 1 N–H and O–H groups in total. The number of anilines is 1. The van der Waals surface area contributed by atoms with Crippen molar-refractivity contribution >= 4 is 29.4 Å². The number of hydrogen-bond donors (Lipinski definition) is 1. The highest BCUT2D eigenvalue weighted by molar-refractivity contribution is 6.45. The molecule has 1 aromatic rings. The van der Waals surface area contributed by atoms with E-state index in [1.165, 1.54) is 12.1 Å². The lowest BCUT2D eigenvalue weighted by Gasteiger charge is -2.14. The molecule has 0 atom stereocenters. The van der Waals surface area contributed by atoms with Crippen LogP contribution in [0.15, 0.2) is 24.3 Å². The Morgan fingerprint density at radius 3 is 2.41 bits per heavy atom. The third-order valence-corrected chi connectivity index (χ3v) is 3.07. The Labute approximate surface area is 125 Å². The Bertz CT molecular complexity index is 707. The lowest BCUT2D eigenvalue weighted by molar-refractivity contribution is -0.143. The molecule has 8 heteroatoms. The van der Waals surface area contributed by atoms with Gasteiger partial charge in [0.25, 0.3) is 0 Å². The number of nitriles is 1. The molecular formula is C14H12N4O4. The van der Waals surface area contributed by atoms with Crippen LogP contribution in [-0.2, 0) is 14.4 Å². The van der Waals surface area contributed by atoms with E-state index < -0.39 is 30.3 Å². The minimum Gasteiger partial charge on any atom is -0.323 e. The molecule has 0 radical (unpaired) electrons. The van der Waals surface area contributed by atoms with E-state index in [0.29, 0.717) is 4.90 Å². The molecule has 1 heterocycles. The maximum atomic E-state index is 11.9. The molecule has 1 saturated heterocycles. The van der Waals surface area contributed by atoms with Crippen LogP contribution in [-0.4, -0.2) is 46.6 Å². The van der Waals surface area contributed by atoms with Crippen molar-refractivity contribution in [2.24, 2.45) is 0 Å². The maximum Gasteiger partial charge on any atom is 0.334 e. The van der Waals surface area contributed by atoms with Crippen molar-refractivity contribution in [1.29, 1.82) is 5.26 Å². The number of benzene rings is 1. The van der Waals surface area contributed by atoms with E-state index in [2.05, 4.69) is 5.32 Å². The van der Waals surface area contributed by atoms with Crippen LogP contribution in [0.3, 0.4) is 0 Å². The van der Waals surface area contributed by atoms with E-state index in [0.717, 1.165) is 4.90 Å². The lowest BCUT2D eigenvalue weighted by atomic mass is 10.2. The molecule has 22 heavy (non-hydrogen) atoms. The zero-order valence-electron chi connectivity index (χ0n) is 11.7. The van der Waals surface area contributed by atoms with Gasteiger partial charge >= 0.3 is 17.8 Å². The molecule has 0 saturated carbocycles. The first-order chi connectivity index (χ1) is 10.5. The minimum atomic E-state index is -1.03. The molecule has 1 fully saturated rings. The summed E-state index contributed by atoms with van der Waals surface area (Å²) in [5.41, 5.74) is 0.522. The lowest BCUT2D eigenvalue weighted by Crippen LogP contribution is -2.39. The quantitative estimate of drug-likeness (QED) is 0.635. The van der Waals surface area contributed by atoms with E-state index in [1.54, 1.807) is 19.1 Å². The number of urea groups is 1. The van der Waals surface area contributed by atoms with Crippen LogP contribution in [0.4, 0.5) is 10.5 Å². The second kappa shape index (κ2) is 6.05. The fourth-order valence-electron chi connectivity index (χ4n) is 1.99. The highest BCUT2D eigenvalue weighted by Crippen LogP contribution is 2.15. The van der Waals surface area contributed by atoms with Crippen molar-refractivity contribution in [3.05, 3.63) is 29.8 Å². The zero-order valence-corrected chi connectivity index (χ0v) is 11.7. The van der Waals surface area contributed by atoms with Gasteiger partial charge in [0.2, 0.25) is 5.91 Å². The number of para-hydroxylation sites is 1. The Kier molecular flexibility index (Phi) is 4.18. The van der Waals surface area contributed by atoms with Gasteiger partial charge in [0.15, 0.2) is 0 Å². The van der Waals surface area contributed by atoms with E-state index in [4.69, 9.17) is 5.26 Å². The molecule has 0 spiro atoms. The van der Waals surface area contributed by atoms with Gasteiger partial charge in [-0.15, -0.1) is 0 Å². The summed E-state index contributed by atoms with van der Waals surface area (Å²) in [7, 11) is 0. The fraction of sp³-hybridized carbons (Fsp3) is 0.214. The summed E-state index contributed by atoms with van der Waals surface area (Å²) in [4.78, 5) is 48.3. The number of carbonyl (C=O) groups is 4. The van der Waals surface area contributed by atoms with Crippen molar-refractivity contribution in [2.75, 3.05) is 18.4 Å². The summed E-state index contributed by atoms with van der Waals surface area (Å²) < 4.78 is 0. The largest absolute Gasteiger partial charge is 0.334 e. The summed E-state index contributed by atoms with van der Waals surface area (Å²) in [6, 6.07) is 7.40. The van der Waals surface area contributed by atoms with Crippen LogP contribution < -0.4 is 5.32 Å². The van der Waals surface area contributed by atoms with Gasteiger partial charge in [0, 0.05) is 6.54 Å². The summed E-state index contributed by atoms with van der Waals surface area (Å²) in [5, 5.41) is 11.4. The highest BCUT2D eigenvalue weighted by atomic mass is 16.2. The number of likely N-dealkylation sites (N-methyl/N-ethyl adjacent to an activating group) is 1. The van der Waals surface area contributed by atoms with Crippen molar-refractivity contribution in [3.63, 3.8) is 0 Å². The third-order valence-electron chi connectivity index (χ3n) is 3.07. The predicted octanol–water partition coefficient (Wildman–Crippen LogP) is 0.307. The average Bonchev–Trinajstić information content (AvgIpc) is 2.71. The van der Waals surface area contributed by atoms with E-state index in [1.807, 2.05) is 6.07 Å². The molecule has 0 unspecified atom stereocenters. The average molecular weight is 300 g/mol. The van der Waals surface area contributed by atoms with Gasteiger partial charge in [-0.3, -0.25) is 19.3 Å². The fourth-order valence-corrected chi connectivity index (χ4v) is 1.99. The molecule has 0 aliphatic carbocycles. The Morgan fingerprint density at radius 2 is 1.82 bits per heavy atom. The van der Waals surface area contributed by atoms with Crippen molar-refractivity contribution in [3.8, 4) is 6.07 Å². The van der Waals surface area contributed by atoms with Crippen LogP contribution >= 0.6 is 0 Å². The van der Waals surface area contributed by atoms with Gasteiger partial charge in [0.1, 0.15) is 12.6 Å². The molecule has 1 aliphatic heterocycles. The molecule has 0 bridgehead atoms. The minimum absolute atomic E-state index is 0.0544. The smallest absolute Gasteiger partial charge is 0.323 e. The van der Waals surface area contributed by atoms with Gasteiger partial charge in [0.05, 0.1) is 11.3 Å². The summed E-state index contributed by atoms with van der Waals surface area (Å²) >= 11 is 0. The van der Waals surface area contributed by atoms with Gasteiger partial charge in [-0.25, -0.2) is 9.69 Å². The van der Waals surface area contributed by atoms with Gasteiger partial charge in [-0.05, 0) is 19.1 Å². The van der Waals surface area contributed by atoms with Gasteiger partial charge in [-0.2, -0.15) is 5.26 Å². The standard InChI is InChI=1S/C14H12N4O4/c1-2-17-12(20)13(21)18(14(17)22)8-11(19)16-10-6-4-3-5-9(10)7-15/h3-6H,2,8H2,1H3,(H,16,19). The number of nitrogens with one attached hydrogen (secondary N) is 1. The Balaban J connectivity index is 2.10. The molecule has 1 aromatic carbocycles. The number of hydrogen-bond acceptors (Lipinski definition) is 5. The first kappa shape index (κ1) is 15.2. The van der Waals surface area contributed by atoms with Crippen LogP contribution in [0.2, 0.25) is 0 Å². The highest BCUT2D eigenvalue weighted by Gasteiger charge is 2.44. The molecule has 2 rings (SSSR count). The second-order valence-electron chi connectivity index (χ2n) is 4.43. The Hall–Kier alpha value is -3.21. The summed E-state index contributed by atoms with van der Waals surface area (Å²) in [6.07, 6.45) is 0. The SMILES string of the molecule is CCN1C(=O)C(=O)N(CC(=O)Nc2ccccc2C#N)C1=O. The maximum absolute atomic E-state index is 11.9. The molecule has 0 aromatic heterocycles. The number of imide groups is 2. The van der Waals surface area contributed by atoms with Crippen molar-refractivity contribution in [2.45, 2.75) is 6.92 Å². The van der Waals surface area contributed by atoms with Crippen LogP contribution in [0, 0.1) is 11.3 Å². The second-order valence-corrected chi connectivity index (χ2v) is 4.43. The van der Waals surface area contributed by atoms with Gasteiger partial charge in [-0.1, -0.05) is 12.1 Å². The number of carbonyl (C=O) groups excluding carboxylic acids is 4. The van der Waals surface area contributed by atoms with Crippen molar-refractivity contribution in [1.82, 2.24) is 9.80 Å². The predicted molar refractivity (Wildman–Crippen MR) is 74.3 cm³/mol. The molecular weight excluding hydrogens is 288 g/mol. The number of amides is 5. The molecule has 1 aliphatic rings. The number of rotatable bonds is 4. The third kappa shape index (κ3) is 2.64. The van der Waals surface area contributed by atoms with Crippen LogP contribution in [0.1, 0.15) is 12.5 Å². The van der Waals surface area contributed by atoms with E-state index in [-0.39, 0.29) is 17.8 Å². The normalized spacial score (nSPS) is 14.3. The topological polar surface area (TPSA) is 111 Å². The summed E-state index contributed by atoms with van der Waals surface area (Å²) in [5.74, 6) is -2.65. The monoisotopic (exact) mass is 300 g/mol. The Morgan fingerprint density at radius 1 is 1.18 bits per heavy atom. The van der Waals surface area contributed by atoms with E-state index in [9.17, 15) is 19.2 Å². The zero-order chi connectivity index (χ0) is 16.3. The molecule has 8 nitrogen and oxygen atoms in total. The van der Waals surface area contributed by atoms with E-state index >= 15 is 0 Å². The van der Waals surface area contributed by atoms with Crippen LogP contribution in [0.5, 0.6) is 0 Å².